The van der Waals surface area contributed by atoms with Crippen LogP contribution in [0.25, 0.3) is 11.3 Å². The van der Waals surface area contributed by atoms with E-state index in [9.17, 15) is 0 Å². The summed E-state index contributed by atoms with van der Waals surface area (Å²) in [4.78, 5) is 0. The van der Waals surface area contributed by atoms with Gasteiger partial charge < -0.3 is 14.0 Å². The Hall–Kier alpha value is -1.01. The van der Waals surface area contributed by atoms with Gasteiger partial charge in [0.1, 0.15) is 11.5 Å². The molecule has 4 nitrogen and oxygen atoms in total. The fourth-order valence-corrected chi connectivity index (χ4v) is 2.71. The summed E-state index contributed by atoms with van der Waals surface area (Å²) in [5.74, 6) is 2.29. The molecule has 0 aliphatic carbocycles. The molecular weight excluding hydrogens is 378 g/mol. The third-order valence-electron chi connectivity index (χ3n) is 2.79. The van der Waals surface area contributed by atoms with Crippen LogP contribution in [0.1, 0.15) is 12.2 Å². The first kappa shape index (κ1) is 13.0. The second-order valence-corrected chi connectivity index (χ2v) is 5.56. The molecule has 0 unspecified atom stereocenters. The Kier molecular flexibility index (Phi) is 3.79. The average molecular weight is 389 g/mol. The summed E-state index contributed by atoms with van der Waals surface area (Å²) in [5, 5.41) is 4.69. The second-order valence-electron chi connectivity index (χ2n) is 4.15. The molecule has 0 saturated carbocycles. The molecule has 0 spiro atoms. The Morgan fingerprint density at radius 3 is 2.79 bits per heavy atom. The maximum absolute atomic E-state index is 5.70. The second kappa shape index (κ2) is 5.54. The van der Waals surface area contributed by atoms with E-state index in [1.165, 1.54) is 0 Å². The molecule has 0 fully saturated rings. The van der Waals surface area contributed by atoms with Crippen molar-refractivity contribution < 1.29 is 14.0 Å². The van der Waals surface area contributed by atoms with E-state index in [0.29, 0.717) is 18.5 Å². The lowest BCUT2D eigenvalue weighted by molar-refractivity contribution is 0.296. The zero-order chi connectivity index (χ0) is 13.2. The fourth-order valence-electron chi connectivity index (χ4n) is 1.89. The highest BCUT2D eigenvalue weighted by molar-refractivity contribution is 9.10. The van der Waals surface area contributed by atoms with E-state index in [4.69, 9.17) is 14.0 Å². The van der Waals surface area contributed by atoms with E-state index in [2.05, 4.69) is 37.0 Å². The van der Waals surface area contributed by atoms with Crippen LogP contribution in [0.15, 0.2) is 27.2 Å². The van der Waals surface area contributed by atoms with Crippen molar-refractivity contribution in [3.8, 4) is 22.8 Å². The number of hydrogen-bond acceptors (Lipinski definition) is 4. The quantitative estimate of drug-likeness (QED) is 0.724. The van der Waals surface area contributed by atoms with Gasteiger partial charge in [0.05, 0.1) is 23.0 Å². The van der Waals surface area contributed by atoms with Crippen molar-refractivity contribution in [3.05, 3.63) is 28.4 Å². The number of fused-ring (bicyclic) bond motifs is 1. The van der Waals surface area contributed by atoms with Gasteiger partial charge in [-0.3, -0.25) is 0 Å². The molecule has 100 valence electrons. The molecule has 0 radical (unpaired) electrons. The molecule has 0 atom stereocenters. The maximum Gasteiger partial charge on any atom is 0.175 e. The number of hydrogen-bond donors (Lipinski definition) is 0. The summed E-state index contributed by atoms with van der Waals surface area (Å²) in [6.45, 7) is 1.33. The lowest BCUT2D eigenvalue weighted by atomic mass is 10.1. The Balaban J connectivity index is 2.03. The van der Waals surface area contributed by atoms with Gasteiger partial charge in [-0.15, -0.1) is 0 Å². The number of benzene rings is 1. The Labute approximate surface area is 127 Å². The lowest BCUT2D eigenvalue weighted by Gasteiger charge is -2.10. The van der Waals surface area contributed by atoms with E-state index in [1.807, 2.05) is 18.2 Å². The topological polar surface area (TPSA) is 44.5 Å². The SMILES string of the molecule is BrCc1cc(-c2cc(Br)c3c(c2)OCCCO3)no1. The molecule has 0 saturated heterocycles. The van der Waals surface area contributed by atoms with Crippen LogP contribution in [-0.2, 0) is 5.33 Å². The Morgan fingerprint density at radius 2 is 2.00 bits per heavy atom. The lowest BCUT2D eigenvalue weighted by Crippen LogP contribution is -1.97. The first-order valence-electron chi connectivity index (χ1n) is 5.89. The summed E-state index contributed by atoms with van der Waals surface area (Å²) < 4.78 is 17.4. The van der Waals surface area contributed by atoms with Crippen molar-refractivity contribution in [1.82, 2.24) is 5.16 Å². The summed E-state index contributed by atoms with van der Waals surface area (Å²) in [7, 11) is 0. The van der Waals surface area contributed by atoms with Gasteiger partial charge in [-0.2, -0.15) is 0 Å². The Morgan fingerprint density at radius 1 is 1.16 bits per heavy atom. The summed E-state index contributed by atoms with van der Waals surface area (Å²) >= 11 is 6.86. The van der Waals surface area contributed by atoms with Gasteiger partial charge in [-0.1, -0.05) is 21.1 Å². The normalized spacial score (nSPS) is 14.2. The number of rotatable bonds is 2. The zero-order valence-electron chi connectivity index (χ0n) is 9.99. The van der Waals surface area contributed by atoms with Crippen LogP contribution in [0.5, 0.6) is 11.5 Å². The molecule has 0 bridgehead atoms. The average Bonchev–Trinajstić information content (AvgIpc) is 2.77. The van der Waals surface area contributed by atoms with Crippen molar-refractivity contribution in [1.29, 1.82) is 0 Å². The standard InChI is InChI=1S/C13H11Br2NO3/c14-7-9-6-11(16-19-9)8-4-10(15)13-12(5-8)17-2-1-3-18-13/h4-6H,1-3,7H2. The third-order valence-corrected chi connectivity index (χ3v) is 3.93. The van der Waals surface area contributed by atoms with Crippen molar-refractivity contribution >= 4 is 31.9 Å². The van der Waals surface area contributed by atoms with Gasteiger partial charge in [0.15, 0.2) is 11.5 Å². The molecule has 6 heteroatoms. The van der Waals surface area contributed by atoms with Gasteiger partial charge in [0, 0.05) is 18.1 Å². The van der Waals surface area contributed by atoms with Gasteiger partial charge in [0.25, 0.3) is 0 Å². The predicted octanol–water partition coefficient (Wildman–Crippen LogP) is 4.16. The van der Waals surface area contributed by atoms with Gasteiger partial charge in [-0.05, 0) is 28.1 Å². The number of aromatic nitrogens is 1. The van der Waals surface area contributed by atoms with Crippen LogP contribution in [0.3, 0.4) is 0 Å². The van der Waals surface area contributed by atoms with E-state index in [0.717, 1.165) is 39.4 Å². The van der Waals surface area contributed by atoms with Gasteiger partial charge in [-0.25, -0.2) is 0 Å². The fraction of sp³-hybridized carbons (Fsp3) is 0.308. The van der Waals surface area contributed by atoms with E-state index in [-0.39, 0.29) is 0 Å². The summed E-state index contributed by atoms with van der Waals surface area (Å²) in [5.41, 5.74) is 1.72. The third kappa shape index (κ3) is 2.65. The predicted molar refractivity (Wildman–Crippen MR) is 77.9 cm³/mol. The van der Waals surface area contributed by atoms with E-state index < -0.39 is 0 Å². The van der Waals surface area contributed by atoms with Crippen LogP contribution >= 0.6 is 31.9 Å². The highest BCUT2D eigenvalue weighted by Gasteiger charge is 2.17. The molecule has 0 N–H and O–H groups in total. The molecular formula is C13H11Br2NO3. The number of nitrogens with zero attached hydrogens (tertiary/aromatic N) is 1. The first-order chi connectivity index (χ1) is 9.28. The molecule has 2 aromatic rings. The smallest absolute Gasteiger partial charge is 0.175 e. The minimum atomic E-state index is 0.645. The monoisotopic (exact) mass is 387 g/mol. The van der Waals surface area contributed by atoms with Crippen LogP contribution in [0.4, 0.5) is 0 Å². The molecule has 0 amide bonds. The minimum absolute atomic E-state index is 0.645. The minimum Gasteiger partial charge on any atom is -0.489 e. The molecule has 1 aromatic heterocycles. The van der Waals surface area contributed by atoms with Crippen molar-refractivity contribution in [2.24, 2.45) is 0 Å². The summed E-state index contributed by atoms with van der Waals surface area (Å²) in [6.07, 6.45) is 0.883. The number of alkyl halides is 1. The molecule has 3 rings (SSSR count). The number of ether oxygens (including phenoxy) is 2. The van der Waals surface area contributed by atoms with Crippen molar-refractivity contribution in [3.63, 3.8) is 0 Å². The van der Waals surface area contributed by atoms with Crippen LogP contribution in [0, 0.1) is 0 Å². The van der Waals surface area contributed by atoms with E-state index >= 15 is 0 Å². The largest absolute Gasteiger partial charge is 0.489 e. The molecule has 19 heavy (non-hydrogen) atoms. The first-order valence-corrected chi connectivity index (χ1v) is 7.80. The Bertz CT molecular complexity index is 598. The molecule has 1 aromatic carbocycles. The van der Waals surface area contributed by atoms with Gasteiger partial charge >= 0.3 is 0 Å². The highest BCUT2D eigenvalue weighted by atomic mass is 79.9. The number of halogens is 2. The van der Waals surface area contributed by atoms with Crippen LogP contribution in [-0.4, -0.2) is 18.4 Å². The molecule has 2 heterocycles. The molecule has 1 aliphatic rings. The summed E-state index contributed by atoms with van der Waals surface area (Å²) in [6, 6.07) is 5.80. The van der Waals surface area contributed by atoms with Gasteiger partial charge in [0.2, 0.25) is 0 Å². The van der Waals surface area contributed by atoms with E-state index in [1.54, 1.807) is 0 Å². The highest BCUT2D eigenvalue weighted by Crippen LogP contribution is 2.40. The van der Waals surface area contributed by atoms with Crippen molar-refractivity contribution in [2.45, 2.75) is 11.8 Å². The van der Waals surface area contributed by atoms with Crippen LogP contribution < -0.4 is 9.47 Å². The molecule has 1 aliphatic heterocycles. The maximum atomic E-state index is 5.70. The zero-order valence-corrected chi connectivity index (χ0v) is 13.2. The van der Waals surface area contributed by atoms with Crippen molar-refractivity contribution in [2.75, 3.05) is 13.2 Å². The van der Waals surface area contributed by atoms with Crippen LogP contribution in [0.2, 0.25) is 0 Å².